The molecule has 1 unspecified atom stereocenters. The summed E-state index contributed by atoms with van der Waals surface area (Å²) in [5, 5.41) is 3.53. The predicted octanol–water partition coefficient (Wildman–Crippen LogP) is 4.57. The van der Waals surface area contributed by atoms with Gasteiger partial charge in [-0.3, -0.25) is 0 Å². The highest BCUT2D eigenvalue weighted by molar-refractivity contribution is 5.27. The van der Waals surface area contributed by atoms with Gasteiger partial charge < -0.3 is 10.1 Å². The second-order valence-corrected chi connectivity index (χ2v) is 6.55. The van der Waals surface area contributed by atoms with Crippen molar-refractivity contribution < 1.29 is 4.74 Å². The smallest absolute Gasteiger partial charge is 0.119 e. The molecule has 1 atom stereocenters. The molecule has 1 N–H and O–H groups in total. The maximum Gasteiger partial charge on any atom is 0.119 e. The van der Waals surface area contributed by atoms with Crippen LogP contribution in [-0.2, 0) is 6.42 Å². The molecule has 0 aliphatic carbocycles. The van der Waals surface area contributed by atoms with Gasteiger partial charge in [0.2, 0.25) is 0 Å². The summed E-state index contributed by atoms with van der Waals surface area (Å²) in [4.78, 5) is 0. The van der Waals surface area contributed by atoms with Crippen molar-refractivity contribution in [3.8, 4) is 5.75 Å². The lowest BCUT2D eigenvalue weighted by Crippen LogP contribution is -2.42. The molecular weight excluding hydrogens is 246 g/mol. The third kappa shape index (κ3) is 6.95. The zero-order chi connectivity index (χ0) is 15.0. The van der Waals surface area contributed by atoms with Gasteiger partial charge in [-0.05, 0) is 51.3 Å². The largest absolute Gasteiger partial charge is 0.489 e. The number of benzene rings is 1. The normalized spacial score (nSPS) is 13.2. The van der Waals surface area contributed by atoms with Crippen molar-refractivity contribution in [3.63, 3.8) is 0 Å². The molecule has 0 aliphatic rings. The first-order valence-electron chi connectivity index (χ1n) is 7.95. The van der Waals surface area contributed by atoms with E-state index in [1.807, 2.05) is 0 Å². The highest BCUT2D eigenvalue weighted by atomic mass is 16.5. The Kier molecular flexibility index (Phi) is 7.08. The molecule has 114 valence electrons. The van der Waals surface area contributed by atoms with Crippen molar-refractivity contribution in [2.75, 3.05) is 6.54 Å². The van der Waals surface area contributed by atoms with E-state index in [1.54, 1.807) is 0 Å². The zero-order valence-electron chi connectivity index (χ0n) is 13.8. The molecule has 20 heavy (non-hydrogen) atoms. The highest BCUT2D eigenvalue weighted by Gasteiger charge is 2.15. The Morgan fingerprint density at radius 3 is 2.20 bits per heavy atom. The van der Waals surface area contributed by atoms with Gasteiger partial charge in [0, 0.05) is 12.1 Å². The van der Waals surface area contributed by atoms with Crippen molar-refractivity contribution in [1.29, 1.82) is 0 Å². The lowest BCUT2D eigenvalue weighted by atomic mass is 10.1. The fourth-order valence-electron chi connectivity index (χ4n) is 2.16. The fourth-order valence-corrected chi connectivity index (χ4v) is 2.16. The van der Waals surface area contributed by atoms with Gasteiger partial charge in [0.15, 0.2) is 0 Å². The van der Waals surface area contributed by atoms with Gasteiger partial charge in [-0.15, -0.1) is 0 Å². The molecule has 0 radical (unpaired) electrons. The van der Waals surface area contributed by atoms with E-state index >= 15 is 0 Å². The number of hydrogen-bond donors (Lipinski definition) is 1. The second kappa shape index (κ2) is 8.31. The van der Waals surface area contributed by atoms with Crippen LogP contribution in [0, 0.1) is 0 Å². The maximum absolute atomic E-state index is 6.12. The topological polar surface area (TPSA) is 21.3 Å². The van der Waals surface area contributed by atoms with Crippen LogP contribution < -0.4 is 10.1 Å². The van der Waals surface area contributed by atoms with Gasteiger partial charge in [0.05, 0.1) is 0 Å². The van der Waals surface area contributed by atoms with Crippen LogP contribution >= 0.6 is 0 Å². The molecule has 2 heteroatoms. The highest BCUT2D eigenvalue weighted by Crippen LogP contribution is 2.16. The second-order valence-electron chi connectivity index (χ2n) is 6.55. The van der Waals surface area contributed by atoms with Crippen LogP contribution in [0.2, 0.25) is 0 Å². The van der Waals surface area contributed by atoms with Gasteiger partial charge >= 0.3 is 0 Å². The van der Waals surface area contributed by atoms with E-state index < -0.39 is 0 Å². The molecule has 0 heterocycles. The number of nitrogens with one attached hydrogen (secondary N) is 1. The molecule has 0 aromatic heterocycles. The van der Waals surface area contributed by atoms with Crippen LogP contribution in [-0.4, -0.2) is 18.2 Å². The molecule has 2 nitrogen and oxygen atoms in total. The number of hydrogen-bond acceptors (Lipinski definition) is 2. The monoisotopic (exact) mass is 277 g/mol. The van der Waals surface area contributed by atoms with Gasteiger partial charge in [0.1, 0.15) is 11.9 Å². The van der Waals surface area contributed by atoms with E-state index in [0.29, 0.717) is 0 Å². The summed E-state index contributed by atoms with van der Waals surface area (Å²) < 4.78 is 6.12. The lowest BCUT2D eigenvalue weighted by molar-refractivity contribution is 0.175. The molecule has 0 saturated carbocycles. The Morgan fingerprint density at radius 1 is 1.05 bits per heavy atom. The molecule has 0 aliphatic heterocycles. The van der Waals surface area contributed by atoms with Gasteiger partial charge in [-0.2, -0.15) is 0 Å². The van der Waals surface area contributed by atoms with Crippen LogP contribution in [0.15, 0.2) is 24.3 Å². The SMILES string of the molecule is CCCc1ccc(OC(CCC)CNC(C)(C)C)cc1. The van der Waals surface area contributed by atoms with Crippen molar-refractivity contribution >= 4 is 0 Å². The summed E-state index contributed by atoms with van der Waals surface area (Å²) in [5.41, 5.74) is 1.53. The van der Waals surface area contributed by atoms with Crippen LogP contribution in [0.1, 0.15) is 59.4 Å². The molecule has 1 aromatic rings. The van der Waals surface area contributed by atoms with Crippen molar-refractivity contribution in [2.45, 2.75) is 71.9 Å². The standard InChI is InChI=1S/C18H31NO/c1-6-8-15-10-12-16(13-11-15)20-17(9-7-2)14-19-18(3,4)5/h10-13,17,19H,6-9,14H2,1-5H3. The third-order valence-electron chi connectivity index (χ3n) is 3.24. The minimum Gasteiger partial charge on any atom is -0.489 e. The average Bonchev–Trinajstić information content (AvgIpc) is 2.38. The summed E-state index contributed by atoms with van der Waals surface area (Å²) in [5.74, 6) is 0.985. The first-order chi connectivity index (χ1) is 9.44. The molecule has 0 bridgehead atoms. The number of ether oxygens (including phenoxy) is 1. The Balaban J connectivity index is 2.55. The van der Waals surface area contributed by atoms with E-state index in [4.69, 9.17) is 4.74 Å². The quantitative estimate of drug-likeness (QED) is 0.751. The van der Waals surface area contributed by atoms with Gasteiger partial charge in [0.25, 0.3) is 0 Å². The molecule has 0 spiro atoms. The predicted molar refractivity (Wildman–Crippen MR) is 87.5 cm³/mol. The maximum atomic E-state index is 6.12. The van der Waals surface area contributed by atoms with Crippen molar-refractivity contribution in [1.82, 2.24) is 5.32 Å². The van der Waals surface area contributed by atoms with E-state index in [9.17, 15) is 0 Å². The van der Waals surface area contributed by atoms with E-state index in [-0.39, 0.29) is 11.6 Å². The summed E-state index contributed by atoms with van der Waals surface area (Å²) in [7, 11) is 0. The Morgan fingerprint density at radius 2 is 1.70 bits per heavy atom. The van der Waals surface area contributed by atoms with E-state index in [1.165, 1.54) is 12.0 Å². The number of rotatable bonds is 8. The molecule has 0 amide bonds. The van der Waals surface area contributed by atoms with E-state index in [0.717, 1.165) is 31.6 Å². The summed E-state index contributed by atoms with van der Waals surface area (Å²) in [6.45, 7) is 11.9. The Bertz CT molecular complexity index is 364. The van der Waals surface area contributed by atoms with Crippen LogP contribution in [0.3, 0.4) is 0 Å². The third-order valence-corrected chi connectivity index (χ3v) is 3.24. The molecular formula is C18H31NO. The van der Waals surface area contributed by atoms with Crippen molar-refractivity contribution in [3.05, 3.63) is 29.8 Å². The minimum atomic E-state index is 0.139. The Labute approximate surface area is 124 Å². The average molecular weight is 277 g/mol. The first kappa shape index (κ1) is 17.0. The first-order valence-corrected chi connectivity index (χ1v) is 7.95. The summed E-state index contributed by atoms with van der Waals surface area (Å²) in [6.07, 6.45) is 4.80. The van der Waals surface area contributed by atoms with Crippen molar-refractivity contribution in [2.24, 2.45) is 0 Å². The van der Waals surface area contributed by atoms with Crippen LogP contribution in [0.25, 0.3) is 0 Å². The zero-order valence-corrected chi connectivity index (χ0v) is 13.8. The summed E-state index contributed by atoms with van der Waals surface area (Å²) >= 11 is 0. The Hall–Kier alpha value is -1.02. The van der Waals surface area contributed by atoms with Crippen LogP contribution in [0.5, 0.6) is 5.75 Å². The fraction of sp³-hybridized carbons (Fsp3) is 0.667. The van der Waals surface area contributed by atoms with Crippen LogP contribution in [0.4, 0.5) is 0 Å². The molecule has 1 aromatic carbocycles. The van der Waals surface area contributed by atoms with Gasteiger partial charge in [-0.1, -0.05) is 38.8 Å². The van der Waals surface area contributed by atoms with Gasteiger partial charge in [-0.25, -0.2) is 0 Å². The summed E-state index contributed by atoms with van der Waals surface area (Å²) in [6, 6.07) is 8.56. The molecule has 1 rings (SSSR count). The number of aryl methyl sites for hydroxylation is 1. The lowest BCUT2D eigenvalue weighted by Gasteiger charge is -2.26. The van der Waals surface area contributed by atoms with E-state index in [2.05, 4.69) is 64.2 Å². The molecule has 0 saturated heterocycles. The molecule has 0 fully saturated rings. The minimum absolute atomic E-state index is 0.139.